The summed E-state index contributed by atoms with van der Waals surface area (Å²) in [5, 5.41) is 7.09. The molecule has 0 bridgehead atoms. The Bertz CT molecular complexity index is 792. The number of imidazole rings is 1. The molecule has 29 heavy (non-hydrogen) atoms. The molecule has 3 heterocycles. The summed E-state index contributed by atoms with van der Waals surface area (Å²) in [5.41, 5.74) is 2.16. The van der Waals surface area contributed by atoms with E-state index in [4.69, 9.17) is 4.98 Å². The second kappa shape index (κ2) is 8.84. The van der Waals surface area contributed by atoms with Gasteiger partial charge in [0.15, 0.2) is 5.82 Å². The van der Waals surface area contributed by atoms with Crippen LogP contribution >= 0.6 is 0 Å². The number of nitrogens with zero attached hydrogens (tertiary/aromatic N) is 3. The van der Waals surface area contributed by atoms with E-state index < -0.39 is 0 Å². The summed E-state index contributed by atoms with van der Waals surface area (Å²) < 4.78 is 0. The van der Waals surface area contributed by atoms with Gasteiger partial charge in [-0.1, -0.05) is 18.9 Å². The molecule has 2 saturated carbocycles. The summed E-state index contributed by atoms with van der Waals surface area (Å²) in [5.74, 6) is 3.30. The van der Waals surface area contributed by atoms with Crippen LogP contribution in [0.3, 0.4) is 0 Å². The van der Waals surface area contributed by atoms with Crippen LogP contribution in [0.2, 0.25) is 0 Å². The van der Waals surface area contributed by atoms with Gasteiger partial charge in [0.25, 0.3) is 0 Å². The molecule has 0 spiro atoms. The molecule has 6 heteroatoms. The van der Waals surface area contributed by atoms with Crippen LogP contribution in [0.4, 0.5) is 5.82 Å². The lowest BCUT2D eigenvalue weighted by molar-refractivity contribution is 0.236. The fourth-order valence-corrected chi connectivity index (χ4v) is 4.95. The Balaban J connectivity index is 1.03. The van der Waals surface area contributed by atoms with Crippen molar-refractivity contribution in [3.63, 3.8) is 0 Å². The van der Waals surface area contributed by atoms with Crippen molar-refractivity contribution in [2.45, 2.75) is 56.9 Å². The lowest BCUT2D eigenvalue weighted by Crippen LogP contribution is -2.33. The van der Waals surface area contributed by atoms with Crippen molar-refractivity contribution in [3.8, 4) is 11.5 Å². The highest BCUT2D eigenvalue weighted by atomic mass is 15.2. The predicted molar refractivity (Wildman–Crippen MR) is 117 cm³/mol. The molecule has 5 rings (SSSR count). The third kappa shape index (κ3) is 4.81. The number of anilines is 1. The number of aromatic amines is 1. The maximum Gasteiger partial charge on any atom is 0.156 e. The fraction of sp³-hybridized carbons (Fsp3) is 0.652. The minimum absolute atomic E-state index is 0.689. The van der Waals surface area contributed by atoms with E-state index in [-0.39, 0.29) is 0 Å². The average molecular weight is 395 g/mol. The monoisotopic (exact) mass is 394 g/mol. The third-order valence-corrected chi connectivity index (χ3v) is 6.80. The van der Waals surface area contributed by atoms with E-state index in [0.29, 0.717) is 5.92 Å². The highest BCUT2D eigenvalue weighted by molar-refractivity contribution is 5.53. The van der Waals surface area contributed by atoms with E-state index in [1.165, 1.54) is 63.7 Å². The first-order valence-electron chi connectivity index (χ1n) is 11.6. The highest BCUT2D eigenvalue weighted by Gasteiger charge is 2.29. The second-order valence-corrected chi connectivity index (χ2v) is 9.09. The largest absolute Gasteiger partial charge is 0.369 e. The average Bonchev–Trinajstić information content (AvgIpc) is 3.18. The molecule has 3 N–H and O–H groups in total. The third-order valence-electron chi connectivity index (χ3n) is 6.80. The quantitative estimate of drug-likeness (QED) is 0.567. The summed E-state index contributed by atoms with van der Waals surface area (Å²) in [6, 6.07) is 6.99. The number of aromatic nitrogens is 3. The smallest absolute Gasteiger partial charge is 0.156 e. The zero-order valence-electron chi connectivity index (χ0n) is 17.4. The molecule has 2 aliphatic carbocycles. The molecule has 0 amide bonds. The molecule has 6 nitrogen and oxygen atoms in total. The molecular formula is C23H34N6. The number of pyridine rings is 1. The second-order valence-electron chi connectivity index (χ2n) is 9.09. The van der Waals surface area contributed by atoms with Gasteiger partial charge in [-0.3, -0.25) is 0 Å². The van der Waals surface area contributed by atoms with Gasteiger partial charge in [0.05, 0.1) is 0 Å². The molecule has 156 valence electrons. The van der Waals surface area contributed by atoms with Gasteiger partial charge in [-0.2, -0.15) is 0 Å². The summed E-state index contributed by atoms with van der Waals surface area (Å²) in [4.78, 5) is 15.4. The highest BCUT2D eigenvalue weighted by Crippen LogP contribution is 2.39. The number of nitrogens with one attached hydrogen (secondary N) is 3. The maximum absolute atomic E-state index is 4.73. The van der Waals surface area contributed by atoms with Gasteiger partial charge in [-0.05, 0) is 63.2 Å². The van der Waals surface area contributed by atoms with Gasteiger partial charge >= 0.3 is 0 Å². The molecule has 1 aliphatic heterocycles. The van der Waals surface area contributed by atoms with Crippen molar-refractivity contribution in [2.24, 2.45) is 5.92 Å². The summed E-state index contributed by atoms with van der Waals surface area (Å²) in [6.07, 6.45) is 11.6. The SMILES string of the molecule is c1cc(NCCNCC2CCN(C3CCCC3)C2)nc(-c2ncc(C3CC3)[nH]2)c1. The molecular weight excluding hydrogens is 360 g/mol. The van der Waals surface area contributed by atoms with Crippen LogP contribution in [0, 0.1) is 5.92 Å². The Kier molecular flexibility index (Phi) is 5.81. The Morgan fingerprint density at radius 3 is 2.83 bits per heavy atom. The van der Waals surface area contributed by atoms with E-state index in [1.807, 2.05) is 24.4 Å². The van der Waals surface area contributed by atoms with Crippen molar-refractivity contribution < 1.29 is 0 Å². The number of hydrogen-bond acceptors (Lipinski definition) is 5. The first-order valence-corrected chi connectivity index (χ1v) is 11.6. The molecule has 2 aromatic heterocycles. The lowest BCUT2D eigenvalue weighted by Gasteiger charge is -2.23. The number of hydrogen-bond donors (Lipinski definition) is 3. The lowest BCUT2D eigenvalue weighted by atomic mass is 10.1. The Labute approximate surface area is 173 Å². The van der Waals surface area contributed by atoms with Gasteiger partial charge in [0, 0.05) is 43.5 Å². The number of likely N-dealkylation sites (tertiary alicyclic amines) is 1. The maximum atomic E-state index is 4.73. The fourth-order valence-electron chi connectivity index (χ4n) is 4.95. The van der Waals surface area contributed by atoms with Crippen molar-refractivity contribution in [2.75, 3.05) is 38.0 Å². The van der Waals surface area contributed by atoms with Gasteiger partial charge in [0.2, 0.25) is 0 Å². The Morgan fingerprint density at radius 2 is 1.97 bits per heavy atom. The van der Waals surface area contributed by atoms with E-state index >= 15 is 0 Å². The van der Waals surface area contributed by atoms with Crippen LogP contribution in [-0.2, 0) is 0 Å². The first kappa shape index (κ1) is 19.1. The van der Waals surface area contributed by atoms with Gasteiger partial charge in [-0.25, -0.2) is 9.97 Å². The van der Waals surface area contributed by atoms with Crippen LogP contribution in [0.15, 0.2) is 24.4 Å². The van der Waals surface area contributed by atoms with Crippen molar-refractivity contribution in [3.05, 3.63) is 30.1 Å². The first-order chi connectivity index (χ1) is 14.3. The molecule has 1 saturated heterocycles. The molecule has 3 aliphatic rings. The molecule has 1 unspecified atom stereocenters. The van der Waals surface area contributed by atoms with Crippen LogP contribution in [0.1, 0.15) is 56.6 Å². The van der Waals surface area contributed by atoms with Gasteiger partial charge in [0.1, 0.15) is 11.5 Å². The summed E-state index contributed by atoms with van der Waals surface area (Å²) >= 11 is 0. The van der Waals surface area contributed by atoms with Crippen molar-refractivity contribution in [1.82, 2.24) is 25.2 Å². The minimum Gasteiger partial charge on any atom is -0.369 e. The molecule has 0 aromatic carbocycles. The standard InChI is InChI=1S/C23H34N6/c1-2-5-19(4-1)29-13-10-17(16-29)14-24-11-12-25-22-7-3-6-20(27-22)23-26-15-21(28-23)18-8-9-18/h3,6-7,15,17-19,24H,1-2,4-5,8-14,16H2,(H,25,27)(H,26,28). The normalized spacial score (nSPS) is 23.1. The van der Waals surface area contributed by atoms with Crippen LogP contribution < -0.4 is 10.6 Å². The number of H-pyrrole nitrogens is 1. The van der Waals surface area contributed by atoms with E-state index in [1.54, 1.807) is 0 Å². The molecule has 2 aromatic rings. The summed E-state index contributed by atoms with van der Waals surface area (Å²) in [6.45, 7) is 5.59. The van der Waals surface area contributed by atoms with Crippen molar-refractivity contribution >= 4 is 5.82 Å². The van der Waals surface area contributed by atoms with Crippen molar-refractivity contribution in [1.29, 1.82) is 0 Å². The van der Waals surface area contributed by atoms with Gasteiger partial charge < -0.3 is 20.5 Å². The van der Waals surface area contributed by atoms with E-state index in [2.05, 4.69) is 25.5 Å². The molecule has 0 radical (unpaired) electrons. The van der Waals surface area contributed by atoms with Crippen LogP contribution in [0.25, 0.3) is 11.5 Å². The summed E-state index contributed by atoms with van der Waals surface area (Å²) in [7, 11) is 0. The zero-order valence-corrected chi connectivity index (χ0v) is 17.4. The molecule has 1 atom stereocenters. The van der Waals surface area contributed by atoms with Gasteiger partial charge in [-0.15, -0.1) is 0 Å². The topological polar surface area (TPSA) is 68.9 Å². The zero-order chi connectivity index (χ0) is 19.5. The van der Waals surface area contributed by atoms with Crippen LogP contribution in [-0.4, -0.2) is 58.6 Å². The molecule has 3 fully saturated rings. The van der Waals surface area contributed by atoms with Crippen LogP contribution in [0.5, 0.6) is 0 Å². The minimum atomic E-state index is 0.689. The number of rotatable bonds is 9. The van der Waals surface area contributed by atoms with E-state index in [0.717, 1.165) is 48.9 Å². The Morgan fingerprint density at radius 1 is 1.07 bits per heavy atom. The Hall–Kier alpha value is -1.92. The van der Waals surface area contributed by atoms with E-state index in [9.17, 15) is 0 Å². The predicted octanol–water partition coefficient (Wildman–Crippen LogP) is 3.62.